The maximum Gasteiger partial charge on any atom is 0.259 e. The Morgan fingerprint density at radius 2 is 1.96 bits per heavy atom. The molecule has 3 rings (SSSR count). The molecule has 1 aromatic heterocycles. The predicted molar refractivity (Wildman–Crippen MR) is 102 cm³/mol. The number of rotatable bonds is 4. The Morgan fingerprint density at radius 1 is 1.23 bits per heavy atom. The lowest BCUT2D eigenvalue weighted by Gasteiger charge is -2.32. The highest BCUT2D eigenvalue weighted by molar-refractivity contribution is 5.95. The summed E-state index contributed by atoms with van der Waals surface area (Å²) in [4.78, 5) is 30.0. The lowest BCUT2D eigenvalue weighted by atomic mass is 9.98. The van der Waals surface area contributed by atoms with Crippen LogP contribution in [0.25, 0.3) is 0 Å². The first-order valence-electron chi connectivity index (χ1n) is 9.13. The Balaban J connectivity index is 1.65. The molecule has 0 bridgehead atoms. The lowest BCUT2D eigenvalue weighted by molar-refractivity contribution is 0.0631. The second-order valence-corrected chi connectivity index (χ2v) is 7.20. The normalized spacial score (nSPS) is 17.2. The third kappa shape index (κ3) is 4.15. The minimum absolute atomic E-state index is 0.177. The largest absolute Gasteiger partial charge is 0.493 e. The fraction of sp³-hybridized carbons (Fsp3) is 0.429. The van der Waals surface area contributed by atoms with Crippen molar-refractivity contribution < 1.29 is 9.53 Å². The minimum Gasteiger partial charge on any atom is -0.493 e. The fourth-order valence-corrected chi connectivity index (χ4v) is 3.51. The first-order valence-corrected chi connectivity index (χ1v) is 9.13. The molecule has 138 valence electrons. The number of carbonyl (C=O) groups is 1. The number of hydrogen-bond donors (Lipinski definition) is 1. The van der Waals surface area contributed by atoms with Gasteiger partial charge in [0.2, 0.25) is 0 Å². The maximum absolute atomic E-state index is 12.9. The monoisotopic (exact) mass is 354 g/mol. The molecule has 1 amide bonds. The van der Waals surface area contributed by atoms with Gasteiger partial charge in [-0.25, -0.2) is 0 Å². The number of amides is 1. The summed E-state index contributed by atoms with van der Waals surface area (Å²) in [5.74, 6) is 0.951. The zero-order valence-electron chi connectivity index (χ0n) is 15.7. The van der Waals surface area contributed by atoms with Gasteiger partial charge in [-0.05, 0) is 45.7 Å². The third-order valence-electron chi connectivity index (χ3n) is 4.88. The number of nitrogens with one attached hydrogen (secondary N) is 1. The number of carbonyl (C=O) groups excluding carboxylic acids is 1. The van der Waals surface area contributed by atoms with Crippen LogP contribution in [0.3, 0.4) is 0 Å². The molecular formula is C21H26N2O3. The number of H-pyrrole nitrogens is 1. The van der Waals surface area contributed by atoms with E-state index in [1.807, 2.05) is 38.1 Å². The van der Waals surface area contributed by atoms with Crippen molar-refractivity contribution in [2.75, 3.05) is 19.7 Å². The van der Waals surface area contributed by atoms with Gasteiger partial charge >= 0.3 is 0 Å². The number of pyridine rings is 1. The number of piperidine rings is 1. The molecular weight excluding hydrogens is 328 g/mol. The van der Waals surface area contributed by atoms with E-state index in [2.05, 4.69) is 4.98 Å². The topological polar surface area (TPSA) is 62.4 Å². The second kappa shape index (κ2) is 7.77. The number of aryl methyl sites for hydroxylation is 3. The average molecular weight is 354 g/mol. The summed E-state index contributed by atoms with van der Waals surface area (Å²) in [6, 6.07) is 9.48. The van der Waals surface area contributed by atoms with Gasteiger partial charge in [0.25, 0.3) is 5.91 Å². The molecule has 1 N–H and O–H groups in total. The Bertz CT molecular complexity index is 839. The Kier molecular flexibility index (Phi) is 5.45. The maximum atomic E-state index is 12.9. The smallest absolute Gasteiger partial charge is 0.259 e. The van der Waals surface area contributed by atoms with E-state index in [9.17, 15) is 9.59 Å². The van der Waals surface area contributed by atoms with Crippen molar-refractivity contribution >= 4 is 5.91 Å². The Hall–Kier alpha value is -2.56. The van der Waals surface area contributed by atoms with Crippen molar-refractivity contribution in [1.29, 1.82) is 0 Å². The van der Waals surface area contributed by atoms with Gasteiger partial charge in [0.05, 0.1) is 6.61 Å². The van der Waals surface area contributed by atoms with Gasteiger partial charge in [0.1, 0.15) is 11.3 Å². The van der Waals surface area contributed by atoms with Gasteiger partial charge in [0, 0.05) is 36.5 Å². The van der Waals surface area contributed by atoms with Crippen LogP contribution in [0.1, 0.15) is 40.2 Å². The number of aromatic amines is 1. The predicted octanol–water partition coefficient (Wildman–Crippen LogP) is 3.23. The lowest BCUT2D eigenvalue weighted by Crippen LogP contribution is -2.43. The van der Waals surface area contributed by atoms with E-state index in [1.165, 1.54) is 11.6 Å². The van der Waals surface area contributed by atoms with Gasteiger partial charge in [-0.15, -0.1) is 0 Å². The standard InChI is InChI=1S/C21H26N2O3/c1-14-6-8-18(9-7-14)26-13-17-5-4-10-23(12-17)21(25)20-16(3)22-15(2)11-19(20)24/h6-9,11,17H,4-5,10,12-13H2,1-3H3,(H,22,24)/t17-/m1/s1. The molecule has 0 radical (unpaired) electrons. The van der Waals surface area contributed by atoms with E-state index in [0.29, 0.717) is 25.4 Å². The summed E-state index contributed by atoms with van der Waals surface area (Å²) >= 11 is 0. The van der Waals surface area contributed by atoms with E-state index >= 15 is 0 Å². The van der Waals surface area contributed by atoms with Gasteiger partial charge < -0.3 is 14.6 Å². The SMILES string of the molecule is Cc1ccc(OC[C@@H]2CCCN(C(=O)c3c(C)[nH]c(C)cc3=O)C2)cc1. The van der Waals surface area contributed by atoms with E-state index in [4.69, 9.17) is 4.74 Å². The molecule has 0 unspecified atom stereocenters. The molecule has 0 spiro atoms. The summed E-state index contributed by atoms with van der Waals surface area (Å²) in [6.45, 7) is 7.54. The molecule has 1 aromatic carbocycles. The van der Waals surface area contributed by atoms with Gasteiger partial charge in [-0.2, -0.15) is 0 Å². The summed E-state index contributed by atoms with van der Waals surface area (Å²) in [5, 5.41) is 0. The zero-order valence-corrected chi connectivity index (χ0v) is 15.7. The first kappa shape index (κ1) is 18.2. The molecule has 1 aliphatic heterocycles. The Labute approximate surface area is 154 Å². The quantitative estimate of drug-likeness (QED) is 0.917. The molecule has 2 heterocycles. The number of nitrogens with zero attached hydrogens (tertiary/aromatic N) is 1. The molecule has 1 saturated heterocycles. The van der Waals surface area contributed by atoms with Gasteiger partial charge in [-0.3, -0.25) is 9.59 Å². The summed E-state index contributed by atoms with van der Waals surface area (Å²) < 4.78 is 5.89. The van der Waals surface area contributed by atoms with Crippen LogP contribution < -0.4 is 10.2 Å². The molecule has 0 saturated carbocycles. The summed E-state index contributed by atoms with van der Waals surface area (Å²) in [5.41, 5.74) is 2.66. The number of hydrogen-bond acceptors (Lipinski definition) is 3. The number of aromatic nitrogens is 1. The van der Waals surface area contributed by atoms with Crippen molar-refractivity contribution in [3.8, 4) is 5.75 Å². The van der Waals surface area contributed by atoms with Crippen LogP contribution in [0.15, 0.2) is 35.1 Å². The molecule has 2 aromatic rings. The number of benzene rings is 1. The fourth-order valence-electron chi connectivity index (χ4n) is 3.51. The Morgan fingerprint density at radius 3 is 2.65 bits per heavy atom. The van der Waals surface area contributed by atoms with Gasteiger partial charge in [-0.1, -0.05) is 17.7 Å². The van der Waals surface area contributed by atoms with E-state index in [-0.39, 0.29) is 22.8 Å². The highest BCUT2D eigenvalue weighted by Gasteiger charge is 2.27. The zero-order chi connectivity index (χ0) is 18.7. The second-order valence-electron chi connectivity index (χ2n) is 7.20. The molecule has 26 heavy (non-hydrogen) atoms. The van der Waals surface area contributed by atoms with Crippen molar-refractivity contribution in [2.45, 2.75) is 33.6 Å². The van der Waals surface area contributed by atoms with Crippen LogP contribution in [0.5, 0.6) is 5.75 Å². The van der Waals surface area contributed by atoms with Crippen LogP contribution >= 0.6 is 0 Å². The minimum atomic E-state index is -0.207. The van der Waals surface area contributed by atoms with Crippen LogP contribution in [-0.2, 0) is 0 Å². The first-order chi connectivity index (χ1) is 12.4. The molecule has 0 aliphatic carbocycles. The van der Waals surface area contributed by atoms with Crippen molar-refractivity contribution in [1.82, 2.24) is 9.88 Å². The number of likely N-dealkylation sites (tertiary alicyclic amines) is 1. The molecule has 5 heteroatoms. The summed E-state index contributed by atoms with van der Waals surface area (Å²) in [6.07, 6.45) is 1.95. The van der Waals surface area contributed by atoms with E-state index in [0.717, 1.165) is 24.3 Å². The van der Waals surface area contributed by atoms with Crippen molar-refractivity contribution in [2.24, 2.45) is 5.92 Å². The number of ether oxygens (including phenoxy) is 1. The van der Waals surface area contributed by atoms with E-state index < -0.39 is 0 Å². The highest BCUT2D eigenvalue weighted by Crippen LogP contribution is 2.21. The molecule has 1 fully saturated rings. The molecule has 1 aliphatic rings. The average Bonchev–Trinajstić information content (AvgIpc) is 2.60. The van der Waals surface area contributed by atoms with Crippen LogP contribution in [-0.4, -0.2) is 35.5 Å². The van der Waals surface area contributed by atoms with Gasteiger partial charge in [0.15, 0.2) is 5.43 Å². The highest BCUT2D eigenvalue weighted by atomic mass is 16.5. The third-order valence-corrected chi connectivity index (χ3v) is 4.88. The molecule has 5 nitrogen and oxygen atoms in total. The van der Waals surface area contributed by atoms with Crippen LogP contribution in [0.4, 0.5) is 0 Å². The van der Waals surface area contributed by atoms with E-state index in [1.54, 1.807) is 11.8 Å². The van der Waals surface area contributed by atoms with Crippen LogP contribution in [0.2, 0.25) is 0 Å². The van der Waals surface area contributed by atoms with Crippen molar-refractivity contribution in [3.63, 3.8) is 0 Å². The van der Waals surface area contributed by atoms with Crippen molar-refractivity contribution in [3.05, 3.63) is 63.1 Å². The van der Waals surface area contributed by atoms with Crippen LogP contribution in [0, 0.1) is 26.7 Å². The molecule has 1 atom stereocenters. The summed E-state index contributed by atoms with van der Waals surface area (Å²) in [7, 11) is 0.